The van der Waals surface area contributed by atoms with Crippen LogP contribution in [0.25, 0.3) is 5.69 Å². The summed E-state index contributed by atoms with van der Waals surface area (Å²) in [5, 5.41) is 19.3. The van der Waals surface area contributed by atoms with Gasteiger partial charge in [-0.05, 0) is 60.7 Å². The summed E-state index contributed by atoms with van der Waals surface area (Å²) in [5.74, 6) is -0.852. The monoisotopic (exact) mass is 366 g/mol. The summed E-state index contributed by atoms with van der Waals surface area (Å²) in [5.41, 5.74) is 0.654. The molecule has 0 saturated carbocycles. The molecule has 3 rings (SSSR count). The quantitative estimate of drug-likeness (QED) is 0.549. The standard InChI is InChI=1S/C18H11FN4O2S/c19-12-3-7-14(8-4-12)23-17(25)15(16(24)22-18(23)26)10-21-13-5-1-11(9-20)2-6-13/h1-8,10,25H,(H,22,24,26). The second-order valence-electron chi connectivity index (χ2n) is 5.23. The zero-order valence-corrected chi connectivity index (χ0v) is 14.0. The molecular weight excluding hydrogens is 355 g/mol. The average molecular weight is 366 g/mol. The normalized spacial score (nSPS) is 10.8. The van der Waals surface area contributed by atoms with Gasteiger partial charge in [0.25, 0.3) is 5.56 Å². The second-order valence-corrected chi connectivity index (χ2v) is 5.61. The van der Waals surface area contributed by atoms with Crippen molar-refractivity contribution in [1.82, 2.24) is 9.55 Å². The van der Waals surface area contributed by atoms with Gasteiger partial charge < -0.3 is 5.11 Å². The number of aromatic amines is 1. The summed E-state index contributed by atoms with van der Waals surface area (Å²) in [6.45, 7) is 0. The molecule has 26 heavy (non-hydrogen) atoms. The molecule has 1 aromatic heterocycles. The third kappa shape index (κ3) is 3.43. The van der Waals surface area contributed by atoms with Crippen molar-refractivity contribution in [3.05, 3.63) is 80.6 Å². The van der Waals surface area contributed by atoms with Crippen molar-refractivity contribution in [3.63, 3.8) is 0 Å². The number of benzene rings is 2. The van der Waals surface area contributed by atoms with E-state index in [1.807, 2.05) is 6.07 Å². The molecule has 2 aromatic carbocycles. The predicted molar refractivity (Wildman–Crippen MR) is 97.3 cm³/mol. The van der Waals surface area contributed by atoms with Gasteiger partial charge in [-0.1, -0.05) is 0 Å². The molecule has 128 valence electrons. The highest BCUT2D eigenvalue weighted by Gasteiger charge is 2.12. The molecule has 1 heterocycles. The number of aromatic hydroxyl groups is 1. The Kier molecular flexibility index (Phi) is 4.73. The van der Waals surface area contributed by atoms with Gasteiger partial charge in [0, 0.05) is 6.21 Å². The summed E-state index contributed by atoms with van der Waals surface area (Å²) in [6, 6.07) is 13.6. The molecule has 6 nitrogen and oxygen atoms in total. The maximum absolute atomic E-state index is 13.1. The van der Waals surface area contributed by atoms with Crippen molar-refractivity contribution in [3.8, 4) is 17.6 Å². The van der Waals surface area contributed by atoms with Crippen LogP contribution in [-0.2, 0) is 0 Å². The van der Waals surface area contributed by atoms with E-state index in [2.05, 4.69) is 9.98 Å². The molecule has 2 N–H and O–H groups in total. The number of hydrogen-bond donors (Lipinski definition) is 2. The Labute approximate surface area is 152 Å². The molecule has 0 aliphatic rings. The molecule has 0 aliphatic carbocycles. The topological polar surface area (TPSA) is 94.2 Å². The first-order valence-electron chi connectivity index (χ1n) is 7.38. The summed E-state index contributed by atoms with van der Waals surface area (Å²) in [7, 11) is 0. The summed E-state index contributed by atoms with van der Waals surface area (Å²) in [4.78, 5) is 18.7. The Balaban J connectivity index is 2.07. The Morgan fingerprint density at radius 3 is 2.46 bits per heavy atom. The molecule has 0 fully saturated rings. The summed E-state index contributed by atoms with van der Waals surface area (Å²) in [6.07, 6.45) is 1.20. The first-order valence-corrected chi connectivity index (χ1v) is 7.79. The van der Waals surface area contributed by atoms with Gasteiger partial charge >= 0.3 is 0 Å². The highest BCUT2D eigenvalue weighted by atomic mass is 32.1. The molecule has 0 atom stereocenters. The van der Waals surface area contributed by atoms with Gasteiger partial charge in [0.15, 0.2) is 4.77 Å². The Morgan fingerprint density at radius 2 is 1.85 bits per heavy atom. The van der Waals surface area contributed by atoms with E-state index in [-0.39, 0.29) is 10.3 Å². The lowest BCUT2D eigenvalue weighted by Crippen LogP contribution is -2.18. The van der Waals surface area contributed by atoms with Crippen molar-refractivity contribution in [2.45, 2.75) is 0 Å². The molecule has 0 aliphatic heterocycles. The van der Waals surface area contributed by atoms with Gasteiger partial charge in [0.05, 0.1) is 23.0 Å². The minimum Gasteiger partial charge on any atom is -0.494 e. The molecule has 0 radical (unpaired) electrons. The van der Waals surface area contributed by atoms with Crippen LogP contribution < -0.4 is 5.56 Å². The maximum atomic E-state index is 13.1. The van der Waals surface area contributed by atoms with Crippen LogP contribution in [0.4, 0.5) is 10.1 Å². The highest BCUT2D eigenvalue weighted by molar-refractivity contribution is 7.71. The predicted octanol–water partition coefficient (Wildman–Crippen LogP) is 3.36. The third-order valence-electron chi connectivity index (χ3n) is 3.54. The Bertz CT molecular complexity index is 1140. The largest absolute Gasteiger partial charge is 0.494 e. The summed E-state index contributed by atoms with van der Waals surface area (Å²) >= 11 is 5.09. The van der Waals surface area contributed by atoms with E-state index in [0.29, 0.717) is 16.9 Å². The first-order chi connectivity index (χ1) is 12.5. The number of rotatable bonds is 3. The number of halogens is 1. The fourth-order valence-corrected chi connectivity index (χ4v) is 2.53. The zero-order chi connectivity index (χ0) is 18.7. The molecule has 3 aromatic rings. The average Bonchev–Trinajstić information content (AvgIpc) is 2.63. The van der Waals surface area contributed by atoms with E-state index in [0.717, 1.165) is 0 Å². The van der Waals surface area contributed by atoms with Crippen molar-refractivity contribution in [2.24, 2.45) is 4.99 Å². The highest BCUT2D eigenvalue weighted by Crippen LogP contribution is 2.20. The van der Waals surface area contributed by atoms with Gasteiger partial charge in [-0.25, -0.2) is 4.39 Å². The van der Waals surface area contributed by atoms with E-state index in [1.54, 1.807) is 24.3 Å². The first kappa shape index (κ1) is 17.3. The fourth-order valence-electron chi connectivity index (χ4n) is 2.25. The van der Waals surface area contributed by atoms with Crippen molar-refractivity contribution in [1.29, 1.82) is 5.26 Å². The minimum atomic E-state index is -0.608. The van der Waals surface area contributed by atoms with E-state index in [9.17, 15) is 14.3 Å². The fraction of sp³-hybridized carbons (Fsp3) is 0. The van der Waals surface area contributed by atoms with Gasteiger partial charge in [-0.15, -0.1) is 0 Å². The number of H-pyrrole nitrogens is 1. The Hall–Kier alpha value is -3.57. The second kappa shape index (κ2) is 7.13. The SMILES string of the molecule is N#Cc1ccc(N=Cc2c(O)n(-c3ccc(F)cc3)c(=S)[nH]c2=O)cc1. The van der Waals surface area contributed by atoms with Gasteiger partial charge in [0.2, 0.25) is 5.88 Å². The van der Waals surface area contributed by atoms with E-state index in [1.165, 1.54) is 35.0 Å². The van der Waals surface area contributed by atoms with Crippen molar-refractivity contribution < 1.29 is 9.50 Å². The molecule has 0 saturated heterocycles. The third-order valence-corrected chi connectivity index (χ3v) is 3.83. The number of hydrogen-bond acceptors (Lipinski definition) is 5. The van der Waals surface area contributed by atoms with Crippen LogP contribution in [0.15, 0.2) is 58.3 Å². The number of nitrogens with one attached hydrogen (secondary N) is 1. The lowest BCUT2D eigenvalue weighted by molar-refractivity contribution is 0.432. The Morgan fingerprint density at radius 1 is 1.19 bits per heavy atom. The number of nitrogens with zero attached hydrogens (tertiary/aromatic N) is 3. The number of nitriles is 1. The van der Waals surface area contributed by atoms with E-state index in [4.69, 9.17) is 17.5 Å². The van der Waals surface area contributed by atoms with E-state index < -0.39 is 17.3 Å². The maximum Gasteiger partial charge on any atom is 0.264 e. The van der Waals surface area contributed by atoms with Crippen LogP contribution in [0, 0.1) is 21.9 Å². The van der Waals surface area contributed by atoms with E-state index >= 15 is 0 Å². The molecule has 8 heteroatoms. The van der Waals surface area contributed by atoms with Crippen LogP contribution in [0.1, 0.15) is 11.1 Å². The molecule has 0 unspecified atom stereocenters. The van der Waals surface area contributed by atoms with Crippen LogP contribution >= 0.6 is 12.2 Å². The lowest BCUT2D eigenvalue weighted by Gasteiger charge is -2.11. The number of aromatic nitrogens is 2. The van der Waals surface area contributed by atoms with Gasteiger partial charge in [-0.3, -0.25) is 19.3 Å². The lowest BCUT2D eigenvalue weighted by atomic mass is 10.2. The van der Waals surface area contributed by atoms with Gasteiger partial charge in [0.1, 0.15) is 11.4 Å². The number of aliphatic imine (C=N–C) groups is 1. The zero-order valence-electron chi connectivity index (χ0n) is 13.2. The van der Waals surface area contributed by atoms with Crippen molar-refractivity contribution in [2.75, 3.05) is 0 Å². The van der Waals surface area contributed by atoms with Crippen LogP contribution in [0.2, 0.25) is 0 Å². The van der Waals surface area contributed by atoms with Gasteiger partial charge in [-0.2, -0.15) is 5.26 Å². The molecule has 0 spiro atoms. The van der Waals surface area contributed by atoms with Crippen LogP contribution in [0.5, 0.6) is 5.88 Å². The molecule has 0 amide bonds. The van der Waals surface area contributed by atoms with Crippen molar-refractivity contribution >= 4 is 24.1 Å². The molecule has 0 bridgehead atoms. The minimum absolute atomic E-state index is 0.0327. The van der Waals surface area contributed by atoms with Crippen LogP contribution in [-0.4, -0.2) is 20.9 Å². The smallest absolute Gasteiger partial charge is 0.264 e. The van der Waals surface area contributed by atoms with Crippen LogP contribution in [0.3, 0.4) is 0 Å². The molecular formula is C18H11FN4O2S. The summed E-state index contributed by atoms with van der Waals surface area (Å²) < 4.78 is 14.3.